The van der Waals surface area contributed by atoms with Gasteiger partial charge in [0.25, 0.3) is 0 Å². The van der Waals surface area contributed by atoms with Crippen LogP contribution in [0.4, 0.5) is 0 Å². The van der Waals surface area contributed by atoms with E-state index in [-0.39, 0.29) is 10.6 Å². The van der Waals surface area contributed by atoms with Gasteiger partial charge < -0.3 is 4.74 Å². The molecule has 0 heterocycles. The van der Waals surface area contributed by atoms with Gasteiger partial charge in [-0.25, -0.2) is 4.79 Å². The van der Waals surface area contributed by atoms with Gasteiger partial charge >= 0.3 is 5.97 Å². The molecule has 0 N–H and O–H groups in total. The summed E-state index contributed by atoms with van der Waals surface area (Å²) in [5.41, 5.74) is 0.992. The minimum absolute atomic E-state index is 0.195. The van der Waals surface area contributed by atoms with Gasteiger partial charge in [-0.3, -0.25) is 4.84 Å². The maximum Gasteiger partial charge on any atom is 0.366 e. The second-order valence-corrected chi connectivity index (χ2v) is 4.12. The van der Waals surface area contributed by atoms with Gasteiger partial charge in [0.15, 0.2) is 0 Å². The van der Waals surface area contributed by atoms with Crippen LogP contribution in [0.5, 0.6) is 0 Å². The molecule has 0 spiro atoms. The Hall–Kier alpha value is -0.870. The van der Waals surface area contributed by atoms with E-state index in [1.165, 1.54) is 0 Å². The molecule has 0 aromatic rings. The predicted octanol–water partition coefficient (Wildman–Crippen LogP) is 1.52. The fraction of sp³-hybridized carbons (Fsp3) is 0.727. The van der Waals surface area contributed by atoms with Crippen molar-refractivity contribution in [3.05, 3.63) is 12.2 Å². The monoisotopic (exact) mass is 216 g/mol. The number of ether oxygens (including phenoxy) is 1. The van der Waals surface area contributed by atoms with Crippen LogP contribution in [0, 0.1) is 0 Å². The van der Waals surface area contributed by atoms with Gasteiger partial charge in [0, 0.05) is 6.42 Å². The molecule has 0 fully saturated rings. The van der Waals surface area contributed by atoms with Gasteiger partial charge in [-0.15, -0.1) is 4.65 Å². The molecule has 0 bridgehead atoms. The zero-order chi connectivity index (χ0) is 11.9. The number of nitrogens with zero attached hydrogens (tertiary/aromatic N) is 1. The Kier molecular flexibility index (Phi) is 6.20. The first-order valence-corrected chi connectivity index (χ1v) is 5.15. The molecule has 0 aliphatic rings. The van der Waals surface area contributed by atoms with Crippen molar-refractivity contribution in [2.45, 2.75) is 20.3 Å². The summed E-state index contributed by atoms with van der Waals surface area (Å²) in [6, 6.07) is 0. The van der Waals surface area contributed by atoms with Crippen molar-refractivity contribution in [1.29, 1.82) is 0 Å². The van der Waals surface area contributed by atoms with Crippen LogP contribution in [0.25, 0.3) is 0 Å². The molecule has 0 radical (unpaired) electrons. The highest BCUT2D eigenvalue weighted by atomic mass is 16.7. The van der Waals surface area contributed by atoms with E-state index >= 15 is 0 Å². The first-order chi connectivity index (χ1) is 6.87. The molecule has 15 heavy (non-hydrogen) atoms. The zero-order valence-electron chi connectivity index (χ0n) is 10.2. The van der Waals surface area contributed by atoms with E-state index < -0.39 is 0 Å². The zero-order valence-corrected chi connectivity index (χ0v) is 10.2. The fourth-order valence-corrected chi connectivity index (χ4v) is 0.917. The molecule has 0 aromatic heterocycles. The summed E-state index contributed by atoms with van der Waals surface area (Å²) < 4.78 is 5.54. The van der Waals surface area contributed by atoms with Crippen LogP contribution in [0.1, 0.15) is 20.3 Å². The van der Waals surface area contributed by atoms with Crippen LogP contribution in [-0.4, -0.2) is 44.5 Å². The van der Waals surface area contributed by atoms with Crippen LogP contribution < -0.4 is 0 Å². The number of hydrogen-bond acceptors (Lipinski definition) is 3. The summed E-state index contributed by atoms with van der Waals surface area (Å²) in [6.45, 7) is 9.17. The molecule has 4 heteroatoms. The summed E-state index contributed by atoms with van der Waals surface area (Å²) in [6.07, 6.45) is 0.397. The molecule has 0 saturated heterocycles. The highest BCUT2D eigenvalue weighted by Gasteiger charge is 2.20. The molecular formula is C11H22NO3+. The Bertz CT molecular complexity index is 224. The van der Waals surface area contributed by atoms with Crippen LogP contribution in [0.3, 0.4) is 0 Å². The van der Waals surface area contributed by atoms with E-state index in [1.54, 1.807) is 6.92 Å². The third-order valence-corrected chi connectivity index (χ3v) is 1.76. The van der Waals surface area contributed by atoms with Crippen LogP contribution in [0.15, 0.2) is 12.2 Å². The molecule has 0 rings (SSSR count). The fourth-order valence-electron chi connectivity index (χ4n) is 0.917. The third-order valence-electron chi connectivity index (χ3n) is 1.76. The Morgan fingerprint density at radius 1 is 1.40 bits per heavy atom. The number of likely N-dealkylation sites (N-methyl/N-ethyl adjacent to an activating group) is 1. The van der Waals surface area contributed by atoms with Crippen molar-refractivity contribution in [3.63, 3.8) is 0 Å². The molecule has 0 atom stereocenters. The minimum Gasteiger partial charge on any atom is -0.371 e. The Labute approximate surface area is 92.0 Å². The van der Waals surface area contributed by atoms with E-state index in [9.17, 15) is 4.79 Å². The molecule has 4 nitrogen and oxygen atoms in total. The van der Waals surface area contributed by atoms with Gasteiger partial charge in [0.05, 0.1) is 13.2 Å². The summed E-state index contributed by atoms with van der Waals surface area (Å²) >= 11 is 0. The van der Waals surface area contributed by atoms with E-state index in [0.717, 1.165) is 5.57 Å². The standard InChI is InChI=1S/C11H22NO3/c1-6-11(13)15-12(4,5)7-8-14-9-10(2)3/h2,6-9H2,1,3-5H3/q+1. The Morgan fingerprint density at radius 2 is 2.00 bits per heavy atom. The second kappa shape index (κ2) is 6.58. The Morgan fingerprint density at radius 3 is 2.47 bits per heavy atom. The van der Waals surface area contributed by atoms with Crippen molar-refractivity contribution >= 4 is 5.97 Å². The van der Waals surface area contributed by atoms with Crippen molar-refractivity contribution in [2.24, 2.45) is 0 Å². The first kappa shape index (κ1) is 14.1. The lowest BCUT2D eigenvalue weighted by Crippen LogP contribution is -2.44. The second-order valence-electron chi connectivity index (χ2n) is 4.12. The van der Waals surface area contributed by atoms with Gasteiger partial charge in [-0.05, 0) is 6.92 Å². The van der Waals surface area contributed by atoms with Crippen LogP contribution >= 0.6 is 0 Å². The molecule has 0 saturated carbocycles. The molecule has 0 aliphatic heterocycles. The van der Waals surface area contributed by atoms with E-state index in [0.29, 0.717) is 26.2 Å². The van der Waals surface area contributed by atoms with Gasteiger partial charge in [-0.1, -0.05) is 19.1 Å². The average Bonchev–Trinajstić information content (AvgIpc) is 2.11. The summed E-state index contributed by atoms with van der Waals surface area (Å²) in [5.74, 6) is -0.195. The largest absolute Gasteiger partial charge is 0.371 e. The smallest absolute Gasteiger partial charge is 0.366 e. The predicted molar refractivity (Wildman–Crippen MR) is 59.0 cm³/mol. The summed E-state index contributed by atoms with van der Waals surface area (Å²) in [7, 11) is 3.66. The maximum absolute atomic E-state index is 11.1. The average molecular weight is 216 g/mol. The highest BCUT2D eigenvalue weighted by molar-refractivity contribution is 5.68. The van der Waals surface area contributed by atoms with Crippen LogP contribution in [-0.2, 0) is 14.4 Å². The number of hydroxylamine groups is 3. The molecule has 0 aromatic carbocycles. The third kappa shape index (κ3) is 8.15. The van der Waals surface area contributed by atoms with E-state index in [1.807, 2.05) is 21.0 Å². The Balaban J connectivity index is 3.73. The SMILES string of the molecule is C=C(C)COCC[N+](C)(C)OC(=O)CC. The summed E-state index contributed by atoms with van der Waals surface area (Å²) in [5, 5.41) is 0. The van der Waals surface area contributed by atoms with Crippen LogP contribution in [0.2, 0.25) is 0 Å². The number of carbonyl (C=O) groups excluding carboxylic acids is 1. The van der Waals surface area contributed by atoms with E-state index in [4.69, 9.17) is 9.57 Å². The normalized spacial score (nSPS) is 11.2. The maximum atomic E-state index is 11.1. The van der Waals surface area contributed by atoms with Gasteiger partial charge in [-0.2, -0.15) is 0 Å². The first-order valence-electron chi connectivity index (χ1n) is 5.15. The van der Waals surface area contributed by atoms with Gasteiger partial charge in [0.1, 0.15) is 20.6 Å². The highest BCUT2D eigenvalue weighted by Crippen LogP contribution is 2.01. The lowest BCUT2D eigenvalue weighted by Gasteiger charge is -2.25. The number of rotatable bonds is 7. The van der Waals surface area contributed by atoms with E-state index in [2.05, 4.69) is 6.58 Å². The lowest BCUT2D eigenvalue weighted by molar-refractivity contribution is -1.06. The molecule has 0 aliphatic carbocycles. The topological polar surface area (TPSA) is 35.5 Å². The molecule has 0 unspecified atom stereocenters. The quantitative estimate of drug-likeness (QED) is 0.280. The minimum atomic E-state index is -0.195. The van der Waals surface area contributed by atoms with Crippen molar-refractivity contribution in [1.82, 2.24) is 0 Å². The number of carbonyl (C=O) groups is 1. The van der Waals surface area contributed by atoms with Crippen molar-refractivity contribution < 1.29 is 19.0 Å². The number of quaternary nitrogens is 1. The molecule has 0 amide bonds. The van der Waals surface area contributed by atoms with Gasteiger partial charge in [0.2, 0.25) is 0 Å². The summed E-state index contributed by atoms with van der Waals surface area (Å²) in [4.78, 5) is 16.3. The molecular weight excluding hydrogens is 194 g/mol. The lowest BCUT2D eigenvalue weighted by atomic mass is 10.4. The molecule has 88 valence electrons. The van der Waals surface area contributed by atoms with Crippen molar-refractivity contribution in [2.75, 3.05) is 33.9 Å². The number of hydrogen-bond donors (Lipinski definition) is 0. The van der Waals surface area contributed by atoms with Crippen molar-refractivity contribution in [3.8, 4) is 0 Å².